The third-order valence-electron chi connectivity index (χ3n) is 6.49. The molecule has 0 amide bonds. The van der Waals surface area contributed by atoms with Gasteiger partial charge < -0.3 is 14.2 Å². The Hall–Kier alpha value is -3.36. The molecule has 1 aliphatic heterocycles. The van der Waals surface area contributed by atoms with E-state index in [1.165, 1.54) is 24.8 Å². The smallest absolute Gasteiger partial charge is 0.306 e. The van der Waals surface area contributed by atoms with Crippen LogP contribution in [0.15, 0.2) is 65.6 Å². The number of methoxy groups -OCH3 is 1. The van der Waals surface area contributed by atoms with E-state index in [2.05, 4.69) is 6.07 Å². The van der Waals surface area contributed by atoms with Crippen LogP contribution in [0.25, 0.3) is 11.1 Å². The van der Waals surface area contributed by atoms with Gasteiger partial charge in [-0.3, -0.25) is 4.79 Å². The number of carbonyl (C=O) groups excluding carboxylic acids is 1. The topological polar surface area (TPSA) is 105 Å². The van der Waals surface area contributed by atoms with Gasteiger partial charge in [-0.25, -0.2) is 13.6 Å². The van der Waals surface area contributed by atoms with Gasteiger partial charge in [-0.1, -0.05) is 36.4 Å². The second-order valence-corrected chi connectivity index (χ2v) is 10.1. The number of esters is 1. The second kappa shape index (κ2) is 8.77. The number of fused-ring (bicyclic) bond motifs is 2. The molecule has 3 aromatic carbocycles. The Morgan fingerprint density at radius 2 is 1.88 bits per heavy atom. The zero-order chi connectivity index (χ0) is 23.9. The summed E-state index contributed by atoms with van der Waals surface area (Å²) in [6.45, 7) is 0.452. The lowest BCUT2D eigenvalue weighted by molar-refractivity contribution is -0.141. The molecule has 1 heterocycles. The fraction of sp³-hybridized carbons (Fsp3) is 0.269. The molecule has 7 nitrogen and oxygen atoms in total. The van der Waals surface area contributed by atoms with E-state index in [-0.39, 0.29) is 22.9 Å². The number of ether oxygens (including phenoxy) is 3. The Labute approximate surface area is 198 Å². The van der Waals surface area contributed by atoms with Crippen molar-refractivity contribution in [2.24, 2.45) is 5.14 Å². The van der Waals surface area contributed by atoms with E-state index in [0.29, 0.717) is 13.0 Å². The number of benzene rings is 3. The molecule has 0 saturated heterocycles. The molecular formula is C26H25NO6S. The maximum Gasteiger partial charge on any atom is 0.306 e. The van der Waals surface area contributed by atoms with Gasteiger partial charge in [-0.15, -0.1) is 0 Å². The molecule has 2 unspecified atom stereocenters. The molecule has 8 heteroatoms. The zero-order valence-corrected chi connectivity index (χ0v) is 19.5. The molecule has 2 atom stereocenters. The van der Waals surface area contributed by atoms with Crippen LogP contribution in [-0.2, 0) is 26.0 Å². The molecule has 2 aliphatic rings. The van der Waals surface area contributed by atoms with Gasteiger partial charge in [0.15, 0.2) is 0 Å². The first-order valence-electron chi connectivity index (χ1n) is 11.1. The highest BCUT2D eigenvalue weighted by Gasteiger charge is 2.29. The van der Waals surface area contributed by atoms with Crippen LogP contribution in [0.2, 0.25) is 0 Å². The molecular weight excluding hydrogens is 454 g/mol. The lowest BCUT2D eigenvalue weighted by Crippen LogP contribution is -2.11. The highest BCUT2D eigenvalue weighted by molar-refractivity contribution is 7.89. The van der Waals surface area contributed by atoms with E-state index < -0.39 is 10.0 Å². The summed E-state index contributed by atoms with van der Waals surface area (Å²) in [6.07, 6.45) is 1.89. The Morgan fingerprint density at radius 1 is 1.09 bits per heavy atom. The molecule has 3 aromatic rings. The molecule has 0 fully saturated rings. The molecule has 0 bridgehead atoms. The van der Waals surface area contributed by atoms with E-state index in [0.717, 1.165) is 46.6 Å². The van der Waals surface area contributed by atoms with Crippen molar-refractivity contribution in [2.75, 3.05) is 13.7 Å². The Balaban J connectivity index is 1.36. The van der Waals surface area contributed by atoms with Gasteiger partial charge in [0, 0.05) is 17.5 Å². The average molecular weight is 480 g/mol. The van der Waals surface area contributed by atoms with Gasteiger partial charge in [0.25, 0.3) is 0 Å². The van der Waals surface area contributed by atoms with Crippen LogP contribution in [0.4, 0.5) is 0 Å². The number of nitrogens with two attached hydrogens (primary N) is 1. The lowest BCUT2D eigenvalue weighted by Gasteiger charge is -2.17. The van der Waals surface area contributed by atoms with Gasteiger partial charge in [-0.2, -0.15) is 0 Å². The molecule has 0 radical (unpaired) electrons. The van der Waals surface area contributed by atoms with Crippen LogP contribution in [0.5, 0.6) is 11.5 Å². The van der Waals surface area contributed by atoms with E-state index in [9.17, 15) is 13.2 Å². The highest BCUT2D eigenvalue weighted by atomic mass is 32.2. The number of primary sulfonamides is 1. The summed E-state index contributed by atoms with van der Waals surface area (Å²) in [4.78, 5) is 11.7. The quantitative estimate of drug-likeness (QED) is 0.534. The Bertz CT molecular complexity index is 1350. The summed E-state index contributed by atoms with van der Waals surface area (Å²) < 4.78 is 40.1. The van der Waals surface area contributed by atoms with Gasteiger partial charge in [0.2, 0.25) is 10.0 Å². The van der Waals surface area contributed by atoms with Gasteiger partial charge in [0.05, 0.1) is 25.0 Å². The van der Waals surface area contributed by atoms with Crippen molar-refractivity contribution >= 4 is 16.0 Å². The maximum absolute atomic E-state index is 11.6. The molecule has 0 saturated carbocycles. The van der Waals surface area contributed by atoms with Crippen molar-refractivity contribution in [1.82, 2.24) is 0 Å². The zero-order valence-electron chi connectivity index (χ0n) is 18.7. The van der Waals surface area contributed by atoms with E-state index in [4.69, 9.17) is 19.3 Å². The molecule has 176 valence electrons. The molecule has 34 heavy (non-hydrogen) atoms. The van der Waals surface area contributed by atoms with Gasteiger partial charge >= 0.3 is 5.97 Å². The normalized spacial score (nSPS) is 18.6. The third kappa shape index (κ3) is 4.26. The average Bonchev–Trinajstić information content (AvgIpc) is 3.42. The molecule has 1 aliphatic carbocycles. The number of hydrogen-bond acceptors (Lipinski definition) is 6. The van der Waals surface area contributed by atoms with Gasteiger partial charge in [-0.05, 0) is 53.3 Å². The summed E-state index contributed by atoms with van der Waals surface area (Å²) in [6, 6.07) is 18.5. The third-order valence-corrected chi connectivity index (χ3v) is 7.42. The SMILES string of the molecule is COC(=O)CC1COc2cc(OC3CCc4c(-c5ccc(S(N)(=O)=O)cc5)cccc43)ccc21. The highest BCUT2D eigenvalue weighted by Crippen LogP contribution is 2.43. The van der Waals surface area contributed by atoms with Crippen molar-refractivity contribution in [3.05, 3.63) is 77.4 Å². The predicted molar refractivity (Wildman–Crippen MR) is 126 cm³/mol. The van der Waals surface area contributed by atoms with Crippen LogP contribution in [0.3, 0.4) is 0 Å². The maximum atomic E-state index is 11.6. The predicted octanol–water partition coefficient (Wildman–Crippen LogP) is 4.11. The summed E-state index contributed by atoms with van der Waals surface area (Å²) in [5, 5.41) is 5.22. The van der Waals surface area contributed by atoms with E-state index >= 15 is 0 Å². The Kier molecular flexibility index (Phi) is 5.79. The van der Waals surface area contributed by atoms with Crippen LogP contribution >= 0.6 is 0 Å². The summed E-state index contributed by atoms with van der Waals surface area (Å²) >= 11 is 0. The minimum atomic E-state index is -3.73. The first kappa shape index (κ1) is 22.4. The lowest BCUT2D eigenvalue weighted by atomic mass is 9.97. The number of sulfonamides is 1. The second-order valence-electron chi connectivity index (χ2n) is 8.58. The van der Waals surface area contributed by atoms with Crippen LogP contribution in [-0.4, -0.2) is 28.1 Å². The minimum absolute atomic E-state index is 0.00749. The van der Waals surface area contributed by atoms with Crippen molar-refractivity contribution in [3.8, 4) is 22.6 Å². The standard InChI is InChI=1S/C26H25NO6S/c1-31-26(28)13-17-15-32-25-14-18(7-10-21(17)25)33-24-12-11-22-20(3-2-4-23(22)24)16-5-8-19(9-6-16)34(27,29)30/h2-10,14,17,24H,11-13,15H2,1H3,(H2,27,29,30). The van der Waals surface area contributed by atoms with Crippen LogP contribution in [0, 0.1) is 0 Å². The van der Waals surface area contributed by atoms with E-state index in [1.54, 1.807) is 12.1 Å². The van der Waals surface area contributed by atoms with Crippen LogP contribution < -0.4 is 14.6 Å². The number of rotatable bonds is 6. The number of hydrogen-bond donors (Lipinski definition) is 1. The van der Waals surface area contributed by atoms with Crippen molar-refractivity contribution < 1.29 is 27.4 Å². The summed E-state index contributed by atoms with van der Waals surface area (Å²) in [5.41, 5.74) is 5.32. The minimum Gasteiger partial charge on any atom is -0.492 e. The van der Waals surface area contributed by atoms with Crippen molar-refractivity contribution in [2.45, 2.75) is 36.2 Å². The van der Waals surface area contributed by atoms with Gasteiger partial charge in [0.1, 0.15) is 17.6 Å². The molecule has 0 spiro atoms. The fourth-order valence-corrected chi connectivity index (χ4v) is 5.30. The fourth-order valence-electron chi connectivity index (χ4n) is 4.78. The monoisotopic (exact) mass is 479 g/mol. The van der Waals surface area contributed by atoms with E-state index in [1.807, 2.05) is 30.3 Å². The summed E-state index contributed by atoms with van der Waals surface area (Å²) in [5.74, 6) is 1.21. The molecule has 0 aromatic heterocycles. The first-order chi connectivity index (χ1) is 16.3. The number of carbonyl (C=O) groups is 1. The Morgan fingerprint density at radius 3 is 2.62 bits per heavy atom. The molecule has 5 rings (SSSR count). The first-order valence-corrected chi connectivity index (χ1v) is 12.6. The summed E-state index contributed by atoms with van der Waals surface area (Å²) in [7, 11) is -2.34. The van der Waals surface area contributed by atoms with Crippen LogP contribution in [0.1, 0.15) is 41.6 Å². The largest absolute Gasteiger partial charge is 0.492 e. The van der Waals surface area contributed by atoms with Crippen molar-refractivity contribution in [3.63, 3.8) is 0 Å². The van der Waals surface area contributed by atoms with Crippen molar-refractivity contribution in [1.29, 1.82) is 0 Å². The molecule has 2 N–H and O–H groups in total.